The Balaban J connectivity index is 1.87. The van der Waals surface area contributed by atoms with Gasteiger partial charge in [-0.2, -0.15) is 11.8 Å². The van der Waals surface area contributed by atoms with E-state index < -0.39 is 0 Å². The molecule has 0 saturated carbocycles. The van der Waals surface area contributed by atoms with Crippen LogP contribution in [0.5, 0.6) is 0 Å². The molecule has 7 heteroatoms. The number of nitrogens with two attached hydrogens (primary N) is 1. The zero-order valence-corrected chi connectivity index (χ0v) is 14.2. The number of nitrogens with zero attached hydrogens (tertiary/aromatic N) is 1. The van der Waals surface area contributed by atoms with Crippen molar-refractivity contribution < 1.29 is 4.79 Å². The molecule has 1 amide bonds. The predicted molar refractivity (Wildman–Crippen MR) is 92.5 cm³/mol. The Morgan fingerprint density at radius 3 is 2.95 bits per heavy atom. The minimum atomic E-state index is -0.0863. The molecular weight excluding hydrogens is 329 g/mol. The summed E-state index contributed by atoms with van der Waals surface area (Å²) in [6, 6.07) is 3.14. The molecule has 116 valence electrons. The van der Waals surface area contributed by atoms with Crippen molar-refractivity contribution in [3.05, 3.63) is 22.2 Å². The van der Waals surface area contributed by atoms with Crippen molar-refractivity contribution in [3.8, 4) is 0 Å². The molecule has 0 aliphatic carbocycles. The highest BCUT2D eigenvalue weighted by Crippen LogP contribution is 2.32. The van der Waals surface area contributed by atoms with Crippen LogP contribution in [0.15, 0.2) is 12.1 Å². The third-order valence-electron chi connectivity index (χ3n) is 3.33. The van der Waals surface area contributed by atoms with Gasteiger partial charge in [-0.05, 0) is 12.1 Å². The second kappa shape index (κ2) is 7.58. The summed E-state index contributed by atoms with van der Waals surface area (Å²) in [5.74, 6) is 1.04. The van der Waals surface area contributed by atoms with Crippen LogP contribution in [0.1, 0.15) is 13.3 Å². The molecule has 1 heterocycles. The number of nitrogens with one attached hydrogen (secondary N) is 1. The summed E-state index contributed by atoms with van der Waals surface area (Å²) >= 11 is 13.9. The van der Waals surface area contributed by atoms with Gasteiger partial charge >= 0.3 is 0 Å². The Labute approximate surface area is 139 Å². The third-order valence-corrected chi connectivity index (χ3v) is 4.98. The summed E-state index contributed by atoms with van der Waals surface area (Å²) in [6.07, 6.45) is 0.426. The molecule has 1 atom stereocenters. The van der Waals surface area contributed by atoms with Crippen LogP contribution in [0, 0.1) is 0 Å². The van der Waals surface area contributed by atoms with E-state index in [4.69, 9.17) is 28.9 Å². The Hall–Kier alpha value is -0.620. The molecule has 1 aliphatic rings. The maximum absolute atomic E-state index is 12.0. The van der Waals surface area contributed by atoms with E-state index in [9.17, 15) is 4.79 Å². The fourth-order valence-corrected chi connectivity index (χ4v) is 3.92. The smallest absolute Gasteiger partial charge is 0.225 e. The van der Waals surface area contributed by atoms with Crippen molar-refractivity contribution in [3.63, 3.8) is 0 Å². The number of rotatable bonds is 4. The summed E-state index contributed by atoms with van der Waals surface area (Å²) in [5.41, 5.74) is 6.65. The zero-order chi connectivity index (χ0) is 15.4. The van der Waals surface area contributed by atoms with Gasteiger partial charge < -0.3 is 16.0 Å². The van der Waals surface area contributed by atoms with Gasteiger partial charge in [0.05, 0.1) is 16.4 Å². The van der Waals surface area contributed by atoms with Crippen LogP contribution in [0.2, 0.25) is 10.0 Å². The van der Waals surface area contributed by atoms with E-state index in [0.717, 1.165) is 25.4 Å². The number of halogens is 2. The normalized spacial score (nSPS) is 19.5. The van der Waals surface area contributed by atoms with Gasteiger partial charge in [0.2, 0.25) is 5.91 Å². The number of hydrogen-bond donors (Lipinski definition) is 2. The molecule has 0 radical (unpaired) electrons. The minimum absolute atomic E-state index is 0.0863. The van der Waals surface area contributed by atoms with E-state index in [1.807, 2.05) is 11.8 Å². The van der Waals surface area contributed by atoms with Crippen molar-refractivity contribution in [2.24, 2.45) is 0 Å². The summed E-state index contributed by atoms with van der Waals surface area (Å²) < 4.78 is 0. The number of carbonyl (C=O) groups excluding carboxylic acids is 1. The van der Waals surface area contributed by atoms with Gasteiger partial charge in [-0.15, -0.1) is 0 Å². The highest BCUT2D eigenvalue weighted by molar-refractivity contribution is 7.99. The van der Waals surface area contributed by atoms with Crippen molar-refractivity contribution in [1.29, 1.82) is 0 Å². The van der Waals surface area contributed by atoms with Crippen LogP contribution in [-0.4, -0.2) is 41.4 Å². The fourth-order valence-electron chi connectivity index (χ4n) is 2.28. The maximum Gasteiger partial charge on any atom is 0.225 e. The van der Waals surface area contributed by atoms with Crippen LogP contribution in [-0.2, 0) is 4.79 Å². The largest absolute Gasteiger partial charge is 0.397 e. The van der Waals surface area contributed by atoms with Gasteiger partial charge in [0.1, 0.15) is 0 Å². The molecule has 0 bridgehead atoms. The lowest BCUT2D eigenvalue weighted by molar-refractivity contribution is -0.116. The van der Waals surface area contributed by atoms with Gasteiger partial charge in [-0.25, -0.2) is 0 Å². The molecule has 4 nitrogen and oxygen atoms in total. The van der Waals surface area contributed by atoms with E-state index in [0.29, 0.717) is 33.1 Å². The SMILES string of the molecule is CC1CN(CCC(=O)Nc2c(N)cc(Cl)cc2Cl)CCS1. The van der Waals surface area contributed by atoms with Crippen LogP contribution in [0.25, 0.3) is 0 Å². The third kappa shape index (κ3) is 4.95. The summed E-state index contributed by atoms with van der Waals surface area (Å²) in [7, 11) is 0. The molecule has 1 aromatic rings. The van der Waals surface area contributed by atoms with E-state index in [-0.39, 0.29) is 5.91 Å². The summed E-state index contributed by atoms with van der Waals surface area (Å²) in [6.45, 7) is 5.03. The van der Waals surface area contributed by atoms with E-state index in [1.54, 1.807) is 12.1 Å². The standard InChI is InChI=1S/C14H19Cl2N3OS/c1-9-8-19(4-5-21-9)3-2-13(20)18-14-11(16)6-10(15)7-12(14)17/h6-7,9H,2-5,8,17H2,1H3,(H,18,20). The lowest BCUT2D eigenvalue weighted by atomic mass is 10.2. The number of anilines is 2. The van der Waals surface area contributed by atoms with Gasteiger partial charge in [0.15, 0.2) is 0 Å². The molecule has 2 rings (SSSR count). The number of nitrogen functional groups attached to an aromatic ring is 1. The van der Waals surface area contributed by atoms with Gasteiger partial charge in [0.25, 0.3) is 0 Å². The number of hydrogen-bond acceptors (Lipinski definition) is 4. The molecule has 1 aromatic carbocycles. The molecule has 0 aromatic heterocycles. The lowest BCUT2D eigenvalue weighted by Crippen LogP contribution is -2.38. The number of thioether (sulfide) groups is 1. The average Bonchev–Trinajstić information content (AvgIpc) is 2.40. The molecule has 1 unspecified atom stereocenters. The van der Waals surface area contributed by atoms with Gasteiger partial charge in [-0.1, -0.05) is 30.1 Å². The van der Waals surface area contributed by atoms with Crippen LogP contribution in [0.4, 0.5) is 11.4 Å². The second-order valence-corrected chi connectivity index (χ2v) is 7.52. The van der Waals surface area contributed by atoms with Crippen LogP contribution >= 0.6 is 35.0 Å². The molecule has 1 aliphatic heterocycles. The monoisotopic (exact) mass is 347 g/mol. The first-order valence-corrected chi connectivity index (χ1v) is 8.64. The van der Waals surface area contributed by atoms with Crippen molar-refractivity contribution >= 4 is 52.2 Å². The molecule has 3 N–H and O–H groups in total. The Kier molecular flexibility index (Phi) is 6.05. The van der Waals surface area contributed by atoms with Gasteiger partial charge in [0, 0.05) is 42.1 Å². The lowest BCUT2D eigenvalue weighted by Gasteiger charge is -2.30. The second-order valence-electron chi connectivity index (χ2n) is 5.13. The molecular formula is C14H19Cl2N3OS. The van der Waals surface area contributed by atoms with Crippen molar-refractivity contribution in [2.75, 3.05) is 36.4 Å². The highest BCUT2D eigenvalue weighted by atomic mass is 35.5. The maximum atomic E-state index is 12.0. The highest BCUT2D eigenvalue weighted by Gasteiger charge is 2.18. The Bertz CT molecular complexity index is 504. The Morgan fingerprint density at radius 1 is 1.52 bits per heavy atom. The quantitative estimate of drug-likeness (QED) is 0.820. The molecule has 1 saturated heterocycles. The van der Waals surface area contributed by atoms with Gasteiger partial charge in [-0.3, -0.25) is 4.79 Å². The van der Waals surface area contributed by atoms with E-state index in [2.05, 4.69) is 17.1 Å². The summed E-state index contributed by atoms with van der Waals surface area (Å²) in [5, 5.41) is 4.21. The van der Waals surface area contributed by atoms with Crippen LogP contribution in [0.3, 0.4) is 0 Å². The first-order chi connectivity index (χ1) is 9.95. The Morgan fingerprint density at radius 2 is 2.29 bits per heavy atom. The molecule has 21 heavy (non-hydrogen) atoms. The summed E-state index contributed by atoms with van der Waals surface area (Å²) in [4.78, 5) is 14.3. The predicted octanol–water partition coefficient (Wildman–Crippen LogP) is 3.34. The fraction of sp³-hybridized carbons (Fsp3) is 0.500. The molecule has 1 fully saturated rings. The van der Waals surface area contributed by atoms with E-state index in [1.165, 1.54) is 0 Å². The zero-order valence-electron chi connectivity index (χ0n) is 11.9. The van der Waals surface area contributed by atoms with Crippen molar-refractivity contribution in [1.82, 2.24) is 4.90 Å². The number of benzene rings is 1. The first kappa shape index (κ1) is 16.7. The van der Waals surface area contributed by atoms with Crippen molar-refractivity contribution in [2.45, 2.75) is 18.6 Å². The first-order valence-electron chi connectivity index (χ1n) is 6.84. The number of amides is 1. The number of carbonyl (C=O) groups is 1. The molecule has 0 spiro atoms. The topological polar surface area (TPSA) is 58.4 Å². The minimum Gasteiger partial charge on any atom is -0.397 e. The van der Waals surface area contributed by atoms with Crippen LogP contribution < -0.4 is 11.1 Å². The van der Waals surface area contributed by atoms with E-state index >= 15 is 0 Å². The average molecular weight is 348 g/mol.